The molecular weight excluding hydrogens is 268 g/mol. The van der Waals surface area contributed by atoms with Crippen LogP contribution in [0.25, 0.3) is 0 Å². The Kier molecular flexibility index (Phi) is 3.71. The maximum atomic E-state index is 11.4. The topological polar surface area (TPSA) is 34.1 Å². The minimum Gasteiger partial charge on any atom is -0.207 e. The molecule has 0 fully saturated rings. The zero-order valence-corrected chi connectivity index (χ0v) is 10.9. The minimum absolute atomic E-state index is 0.0371. The van der Waals surface area contributed by atoms with E-state index in [1.165, 1.54) is 6.07 Å². The quantitative estimate of drug-likeness (QED) is 0.593. The fourth-order valence-corrected chi connectivity index (χ4v) is 2.47. The van der Waals surface area contributed by atoms with Gasteiger partial charge in [0.05, 0.1) is 4.90 Å². The van der Waals surface area contributed by atoms with Gasteiger partial charge in [0.2, 0.25) is 0 Å². The van der Waals surface area contributed by atoms with E-state index in [1.807, 2.05) is 30.3 Å². The first kappa shape index (κ1) is 12.7. The average molecular weight is 277 g/mol. The second kappa shape index (κ2) is 5.26. The fourth-order valence-electron chi connectivity index (χ4n) is 1.44. The Morgan fingerprint density at radius 3 is 2.11 bits per heavy atom. The Hall–Kier alpha value is -1.76. The van der Waals surface area contributed by atoms with Crippen molar-refractivity contribution in [1.29, 1.82) is 0 Å². The average Bonchev–Trinajstić information content (AvgIpc) is 2.37. The van der Waals surface area contributed by atoms with Crippen LogP contribution in [0.15, 0.2) is 59.5 Å². The van der Waals surface area contributed by atoms with Gasteiger partial charge in [-0.25, -0.2) is 8.42 Å². The highest BCUT2D eigenvalue weighted by atomic mass is 35.7. The van der Waals surface area contributed by atoms with Crippen LogP contribution in [0.5, 0.6) is 0 Å². The van der Waals surface area contributed by atoms with E-state index in [-0.39, 0.29) is 4.90 Å². The first-order valence-corrected chi connectivity index (χ1v) is 7.49. The van der Waals surface area contributed by atoms with Gasteiger partial charge < -0.3 is 0 Å². The van der Waals surface area contributed by atoms with E-state index in [2.05, 4.69) is 11.8 Å². The van der Waals surface area contributed by atoms with E-state index >= 15 is 0 Å². The van der Waals surface area contributed by atoms with Gasteiger partial charge in [-0.05, 0) is 24.3 Å². The van der Waals surface area contributed by atoms with Gasteiger partial charge >= 0.3 is 0 Å². The molecule has 0 saturated carbocycles. The van der Waals surface area contributed by atoms with Gasteiger partial charge in [0, 0.05) is 21.8 Å². The summed E-state index contributed by atoms with van der Waals surface area (Å²) in [5.41, 5.74) is 1.22. The molecule has 2 rings (SSSR count). The predicted molar refractivity (Wildman–Crippen MR) is 71.9 cm³/mol. The van der Waals surface area contributed by atoms with Gasteiger partial charge in [0.15, 0.2) is 0 Å². The number of hydrogen-bond acceptors (Lipinski definition) is 2. The Bertz CT molecular complexity index is 710. The van der Waals surface area contributed by atoms with Gasteiger partial charge in [0.1, 0.15) is 0 Å². The molecule has 0 spiro atoms. The summed E-state index contributed by atoms with van der Waals surface area (Å²) in [6.07, 6.45) is 0. The Morgan fingerprint density at radius 1 is 0.833 bits per heavy atom. The molecule has 2 nitrogen and oxygen atoms in total. The molecule has 0 aliphatic heterocycles. The van der Waals surface area contributed by atoms with Gasteiger partial charge in [-0.3, -0.25) is 0 Å². The highest BCUT2D eigenvalue weighted by Gasteiger charge is 2.13. The molecule has 90 valence electrons. The van der Waals surface area contributed by atoms with Gasteiger partial charge in [0.25, 0.3) is 9.05 Å². The van der Waals surface area contributed by atoms with Crippen molar-refractivity contribution in [3.63, 3.8) is 0 Å². The minimum atomic E-state index is -3.77. The van der Waals surface area contributed by atoms with Crippen LogP contribution in [0.2, 0.25) is 0 Å². The molecule has 18 heavy (non-hydrogen) atoms. The monoisotopic (exact) mass is 276 g/mol. The number of halogens is 1. The smallest absolute Gasteiger partial charge is 0.207 e. The summed E-state index contributed by atoms with van der Waals surface area (Å²) in [6.45, 7) is 0. The molecule has 0 aromatic heterocycles. The molecule has 0 aliphatic carbocycles. The third kappa shape index (κ3) is 3.13. The Balaban J connectivity index is 2.46. The first-order chi connectivity index (χ1) is 8.57. The summed E-state index contributed by atoms with van der Waals surface area (Å²) in [4.78, 5) is 0.0371. The molecule has 0 radical (unpaired) electrons. The highest BCUT2D eigenvalue weighted by molar-refractivity contribution is 8.13. The molecule has 2 aromatic rings. The Labute approximate surface area is 111 Å². The molecule has 0 heterocycles. The van der Waals surface area contributed by atoms with E-state index in [1.54, 1.807) is 18.2 Å². The van der Waals surface area contributed by atoms with Crippen molar-refractivity contribution in [3.05, 3.63) is 65.7 Å². The van der Waals surface area contributed by atoms with Crippen molar-refractivity contribution in [1.82, 2.24) is 0 Å². The third-order valence-corrected chi connectivity index (χ3v) is 3.65. The van der Waals surface area contributed by atoms with Crippen LogP contribution in [-0.2, 0) is 9.05 Å². The molecular formula is C14H9ClO2S. The van der Waals surface area contributed by atoms with Crippen LogP contribution < -0.4 is 0 Å². The van der Waals surface area contributed by atoms with Crippen LogP contribution in [0.3, 0.4) is 0 Å². The largest absolute Gasteiger partial charge is 0.262 e. The summed E-state index contributed by atoms with van der Waals surface area (Å²) >= 11 is 0. The number of rotatable bonds is 1. The molecule has 0 saturated heterocycles. The van der Waals surface area contributed by atoms with Crippen LogP contribution in [0.4, 0.5) is 0 Å². The van der Waals surface area contributed by atoms with E-state index in [4.69, 9.17) is 10.7 Å². The fraction of sp³-hybridized carbons (Fsp3) is 0. The number of hydrogen-bond donors (Lipinski definition) is 0. The maximum Gasteiger partial charge on any atom is 0.262 e. The normalized spacial score (nSPS) is 10.5. The predicted octanol–water partition coefficient (Wildman–Crippen LogP) is 3.01. The van der Waals surface area contributed by atoms with Gasteiger partial charge in [-0.15, -0.1) is 0 Å². The van der Waals surface area contributed by atoms with Crippen LogP contribution in [-0.4, -0.2) is 8.42 Å². The molecule has 0 atom stereocenters. The van der Waals surface area contributed by atoms with Crippen molar-refractivity contribution in [3.8, 4) is 11.8 Å². The zero-order chi connectivity index (χ0) is 13.0. The van der Waals surface area contributed by atoms with Crippen LogP contribution >= 0.6 is 10.7 Å². The summed E-state index contributed by atoms with van der Waals surface area (Å²) in [5, 5.41) is 0. The summed E-state index contributed by atoms with van der Waals surface area (Å²) in [5.74, 6) is 5.72. The summed E-state index contributed by atoms with van der Waals surface area (Å²) < 4.78 is 22.7. The lowest BCUT2D eigenvalue weighted by molar-refractivity contribution is 0.609. The lowest BCUT2D eigenvalue weighted by Gasteiger charge is -1.98. The van der Waals surface area contributed by atoms with Crippen molar-refractivity contribution in [2.45, 2.75) is 4.90 Å². The second-order valence-corrected chi connectivity index (χ2v) is 6.08. The lowest BCUT2D eigenvalue weighted by Crippen LogP contribution is -1.94. The zero-order valence-electron chi connectivity index (χ0n) is 9.30. The van der Waals surface area contributed by atoms with E-state index in [0.29, 0.717) is 5.56 Å². The molecule has 0 amide bonds. The highest BCUT2D eigenvalue weighted by Crippen LogP contribution is 2.18. The molecule has 0 aliphatic rings. The lowest BCUT2D eigenvalue weighted by atomic mass is 10.2. The molecule has 4 heteroatoms. The van der Waals surface area contributed by atoms with Crippen molar-refractivity contribution in [2.24, 2.45) is 0 Å². The molecule has 2 aromatic carbocycles. The molecule has 0 unspecified atom stereocenters. The van der Waals surface area contributed by atoms with Gasteiger partial charge in [-0.2, -0.15) is 0 Å². The SMILES string of the molecule is O=S(=O)(Cl)c1ccccc1C#Cc1ccccc1. The van der Waals surface area contributed by atoms with Crippen LogP contribution in [0.1, 0.15) is 11.1 Å². The van der Waals surface area contributed by atoms with Crippen molar-refractivity contribution in [2.75, 3.05) is 0 Å². The second-order valence-electron chi connectivity index (χ2n) is 3.55. The van der Waals surface area contributed by atoms with Crippen molar-refractivity contribution >= 4 is 19.7 Å². The molecule has 0 bridgehead atoms. The standard InChI is InChI=1S/C14H9ClO2S/c15-18(16,17)14-9-5-4-8-13(14)11-10-12-6-2-1-3-7-12/h1-9H. The molecule has 0 N–H and O–H groups in total. The van der Waals surface area contributed by atoms with Crippen molar-refractivity contribution < 1.29 is 8.42 Å². The van der Waals surface area contributed by atoms with Gasteiger partial charge in [-0.1, -0.05) is 42.2 Å². The van der Waals surface area contributed by atoms with E-state index in [0.717, 1.165) is 5.56 Å². The van der Waals surface area contributed by atoms with Crippen LogP contribution in [0, 0.1) is 11.8 Å². The Morgan fingerprint density at radius 2 is 1.44 bits per heavy atom. The number of benzene rings is 2. The van der Waals surface area contributed by atoms with E-state index in [9.17, 15) is 8.42 Å². The first-order valence-electron chi connectivity index (χ1n) is 5.18. The third-order valence-electron chi connectivity index (χ3n) is 2.27. The maximum absolute atomic E-state index is 11.4. The summed E-state index contributed by atoms with van der Waals surface area (Å²) in [7, 11) is 1.58. The summed E-state index contributed by atoms with van der Waals surface area (Å²) in [6, 6.07) is 15.7. The van der Waals surface area contributed by atoms with E-state index < -0.39 is 9.05 Å².